The Morgan fingerprint density at radius 2 is 2.00 bits per heavy atom. The van der Waals surface area contributed by atoms with Crippen LogP contribution >= 0.6 is 11.8 Å². The number of ether oxygens (including phenoxy) is 1. The third-order valence-electron chi connectivity index (χ3n) is 0.919. The molecule has 0 radical (unpaired) electrons. The zero-order chi connectivity index (χ0) is 8.74. The van der Waals surface area contributed by atoms with Gasteiger partial charge in [-0.3, -0.25) is 0 Å². The molecule has 0 atom stereocenters. The molecule has 0 rings (SSSR count). The first-order valence-electron chi connectivity index (χ1n) is 3.61. The molecule has 3 nitrogen and oxygen atoms in total. The van der Waals surface area contributed by atoms with Crippen LogP contribution in [0.1, 0.15) is 13.8 Å². The van der Waals surface area contributed by atoms with Crippen LogP contribution in [-0.4, -0.2) is 40.7 Å². The van der Waals surface area contributed by atoms with Crippen molar-refractivity contribution in [3.8, 4) is 0 Å². The molecular weight excluding hydrogens is 164 g/mol. The van der Waals surface area contributed by atoms with E-state index in [1.54, 1.807) is 13.8 Å². The van der Waals surface area contributed by atoms with Crippen LogP contribution in [0.3, 0.4) is 0 Å². The Hall–Kier alpha value is 0.230. The van der Waals surface area contributed by atoms with E-state index < -0.39 is 4.93 Å². The lowest BCUT2D eigenvalue weighted by molar-refractivity contribution is 0.102. The molecule has 4 heteroatoms. The van der Waals surface area contributed by atoms with Crippen molar-refractivity contribution in [2.75, 3.05) is 25.6 Å². The molecule has 0 heterocycles. The summed E-state index contributed by atoms with van der Waals surface area (Å²) in [7, 11) is 0. The maximum absolute atomic E-state index is 9.23. The average molecular weight is 180 g/mol. The lowest BCUT2D eigenvalue weighted by Crippen LogP contribution is -2.15. The predicted molar refractivity (Wildman–Crippen MR) is 46.7 cm³/mol. The van der Waals surface area contributed by atoms with Gasteiger partial charge < -0.3 is 14.9 Å². The number of aliphatic hydroxyl groups is 2. The lowest BCUT2D eigenvalue weighted by atomic mass is 10.5. The second kappa shape index (κ2) is 5.83. The van der Waals surface area contributed by atoms with Crippen molar-refractivity contribution in [2.45, 2.75) is 18.8 Å². The van der Waals surface area contributed by atoms with E-state index in [1.165, 1.54) is 11.8 Å². The first-order chi connectivity index (χ1) is 5.06. The number of aliphatic hydroxyl groups excluding tert-OH is 1. The van der Waals surface area contributed by atoms with Crippen molar-refractivity contribution in [1.29, 1.82) is 0 Å². The van der Waals surface area contributed by atoms with Crippen LogP contribution in [0.4, 0.5) is 0 Å². The minimum atomic E-state index is -0.678. The number of hydrogen-bond acceptors (Lipinski definition) is 4. The topological polar surface area (TPSA) is 49.7 Å². The van der Waals surface area contributed by atoms with Gasteiger partial charge in [0.25, 0.3) is 0 Å². The first kappa shape index (κ1) is 11.2. The van der Waals surface area contributed by atoms with Crippen molar-refractivity contribution < 1.29 is 14.9 Å². The summed E-state index contributed by atoms with van der Waals surface area (Å²) in [4.78, 5) is -0.678. The Labute approximate surface area is 71.8 Å². The Morgan fingerprint density at radius 3 is 2.45 bits per heavy atom. The zero-order valence-electron chi connectivity index (χ0n) is 7.04. The zero-order valence-corrected chi connectivity index (χ0v) is 7.86. The van der Waals surface area contributed by atoms with Gasteiger partial charge in [0.05, 0.1) is 19.8 Å². The van der Waals surface area contributed by atoms with Crippen molar-refractivity contribution in [3.05, 3.63) is 0 Å². The molecule has 0 unspecified atom stereocenters. The molecule has 0 aliphatic rings. The molecule has 0 amide bonds. The van der Waals surface area contributed by atoms with E-state index in [0.717, 1.165) is 5.75 Å². The van der Waals surface area contributed by atoms with E-state index >= 15 is 0 Å². The predicted octanol–water partition coefficient (Wildman–Crippen LogP) is 0.457. The highest BCUT2D eigenvalue weighted by Gasteiger charge is 2.11. The Balaban J connectivity index is 3.02. The van der Waals surface area contributed by atoms with Gasteiger partial charge in [-0.25, -0.2) is 0 Å². The molecule has 0 aliphatic carbocycles. The Kier molecular flexibility index (Phi) is 5.95. The fourth-order valence-corrected chi connectivity index (χ4v) is 1.22. The average Bonchev–Trinajstić information content (AvgIpc) is 1.85. The number of thioether (sulfide) groups is 1. The third kappa shape index (κ3) is 10.2. The molecule has 0 aromatic rings. The number of rotatable bonds is 6. The molecule has 0 aromatic heterocycles. The number of hydrogen-bond donors (Lipinski definition) is 2. The molecule has 0 saturated heterocycles. The SMILES string of the molecule is CC(C)(O)SCCOCCO. The Morgan fingerprint density at radius 1 is 1.36 bits per heavy atom. The van der Waals surface area contributed by atoms with Gasteiger partial charge >= 0.3 is 0 Å². The quantitative estimate of drug-likeness (QED) is 0.460. The summed E-state index contributed by atoms with van der Waals surface area (Å²) in [6, 6.07) is 0. The van der Waals surface area contributed by atoms with E-state index in [4.69, 9.17) is 9.84 Å². The maximum Gasteiger partial charge on any atom is 0.104 e. The van der Waals surface area contributed by atoms with E-state index in [0.29, 0.717) is 13.2 Å². The van der Waals surface area contributed by atoms with E-state index in [-0.39, 0.29) is 6.61 Å². The van der Waals surface area contributed by atoms with Gasteiger partial charge in [-0.2, -0.15) is 0 Å². The molecule has 0 bridgehead atoms. The summed E-state index contributed by atoms with van der Waals surface area (Å²) >= 11 is 1.43. The highest BCUT2D eigenvalue weighted by Crippen LogP contribution is 2.19. The fourth-order valence-electron chi connectivity index (χ4n) is 0.517. The highest BCUT2D eigenvalue weighted by atomic mass is 32.2. The van der Waals surface area contributed by atoms with Gasteiger partial charge in [0.15, 0.2) is 0 Å². The molecule has 68 valence electrons. The van der Waals surface area contributed by atoms with E-state index in [1.807, 2.05) is 0 Å². The lowest BCUT2D eigenvalue weighted by Gasteiger charge is -2.15. The summed E-state index contributed by atoms with van der Waals surface area (Å²) in [5, 5.41) is 17.6. The van der Waals surface area contributed by atoms with Gasteiger partial charge in [0.1, 0.15) is 4.93 Å². The molecule has 0 aliphatic heterocycles. The minimum absolute atomic E-state index is 0.0627. The van der Waals surface area contributed by atoms with Crippen molar-refractivity contribution in [3.63, 3.8) is 0 Å². The summed E-state index contributed by atoms with van der Waals surface area (Å²) in [5.41, 5.74) is 0. The monoisotopic (exact) mass is 180 g/mol. The second-order valence-corrected chi connectivity index (χ2v) is 4.33. The van der Waals surface area contributed by atoms with Crippen LogP contribution in [0.15, 0.2) is 0 Å². The summed E-state index contributed by atoms with van der Waals surface area (Å²) in [6.07, 6.45) is 0. The summed E-state index contributed by atoms with van der Waals surface area (Å²) in [6.45, 7) is 4.50. The first-order valence-corrected chi connectivity index (χ1v) is 4.60. The fraction of sp³-hybridized carbons (Fsp3) is 1.00. The second-order valence-electron chi connectivity index (χ2n) is 2.63. The van der Waals surface area contributed by atoms with Crippen LogP contribution in [0.25, 0.3) is 0 Å². The van der Waals surface area contributed by atoms with E-state index in [9.17, 15) is 5.11 Å². The van der Waals surface area contributed by atoms with Gasteiger partial charge in [-0.1, -0.05) is 0 Å². The van der Waals surface area contributed by atoms with Crippen LogP contribution in [0.5, 0.6) is 0 Å². The van der Waals surface area contributed by atoms with Crippen LogP contribution in [0.2, 0.25) is 0 Å². The molecule has 0 spiro atoms. The Bertz CT molecular complexity index is 90.2. The largest absolute Gasteiger partial charge is 0.394 e. The maximum atomic E-state index is 9.23. The van der Waals surface area contributed by atoms with Crippen LogP contribution in [0, 0.1) is 0 Å². The van der Waals surface area contributed by atoms with Crippen LogP contribution in [-0.2, 0) is 4.74 Å². The smallest absolute Gasteiger partial charge is 0.104 e. The molecule has 0 saturated carbocycles. The normalized spacial score (nSPS) is 12.0. The van der Waals surface area contributed by atoms with E-state index in [2.05, 4.69) is 0 Å². The van der Waals surface area contributed by atoms with Crippen molar-refractivity contribution in [2.24, 2.45) is 0 Å². The summed E-state index contributed by atoms with van der Waals surface area (Å²) < 4.78 is 5.00. The molecular formula is C7H16O3S. The molecule has 0 fully saturated rings. The molecule has 11 heavy (non-hydrogen) atoms. The van der Waals surface area contributed by atoms with Gasteiger partial charge in [0, 0.05) is 5.75 Å². The summed E-state index contributed by atoms with van der Waals surface area (Å²) in [5.74, 6) is 0.753. The van der Waals surface area contributed by atoms with Crippen LogP contribution < -0.4 is 0 Å². The highest BCUT2D eigenvalue weighted by molar-refractivity contribution is 8.00. The van der Waals surface area contributed by atoms with Gasteiger partial charge in [-0.15, -0.1) is 11.8 Å². The van der Waals surface area contributed by atoms with Crippen molar-refractivity contribution in [1.82, 2.24) is 0 Å². The third-order valence-corrected chi connectivity index (χ3v) is 2.00. The molecule has 2 N–H and O–H groups in total. The van der Waals surface area contributed by atoms with Gasteiger partial charge in [-0.05, 0) is 13.8 Å². The van der Waals surface area contributed by atoms with Gasteiger partial charge in [0.2, 0.25) is 0 Å². The molecule has 0 aromatic carbocycles. The van der Waals surface area contributed by atoms with Crippen molar-refractivity contribution >= 4 is 11.8 Å². The minimum Gasteiger partial charge on any atom is -0.394 e. The standard InChI is InChI=1S/C7H16O3S/c1-7(2,9)11-6-5-10-4-3-8/h8-9H,3-6H2,1-2H3.